The van der Waals surface area contributed by atoms with Crippen molar-refractivity contribution in [3.8, 4) is 0 Å². The first-order valence-corrected chi connectivity index (χ1v) is 2.77. The maximum atomic E-state index is 10.1. The quantitative estimate of drug-likeness (QED) is 0.253. The van der Waals surface area contributed by atoms with Crippen LogP contribution in [0.4, 0.5) is 0 Å². The van der Waals surface area contributed by atoms with E-state index in [1.807, 2.05) is 0 Å². The van der Waals surface area contributed by atoms with E-state index in [1.165, 1.54) is 0 Å². The van der Waals surface area contributed by atoms with Crippen LogP contribution in [0, 0.1) is 0 Å². The van der Waals surface area contributed by atoms with Crippen molar-refractivity contribution >= 4 is 44.1 Å². The smallest absolute Gasteiger partial charge is 0.371 e. The molecule has 48 valence electrons. The predicted octanol–water partition coefficient (Wildman–Crippen LogP) is -0.120. The first-order chi connectivity index (χ1) is 3.48. The second-order valence-electron chi connectivity index (χ2n) is 1.01. The van der Waals surface area contributed by atoms with Crippen LogP contribution < -0.4 is 0 Å². The van der Waals surface area contributed by atoms with Gasteiger partial charge >= 0.3 is 5.97 Å². The van der Waals surface area contributed by atoms with Gasteiger partial charge in [0.2, 0.25) is 0 Å². The highest BCUT2D eigenvalue weighted by atomic mass is 32.2. The maximum absolute atomic E-state index is 10.1. The van der Waals surface area contributed by atoms with Crippen LogP contribution in [0.15, 0.2) is 0 Å². The Hall–Kier alpha value is 0.480. The van der Waals surface area contributed by atoms with Crippen LogP contribution in [0.1, 0.15) is 0 Å². The summed E-state index contributed by atoms with van der Waals surface area (Å²) in [5.41, 5.74) is 0. The van der Waals surface area contributed by atoms with Gasteiger partial charge in [-0.3, -0.25) is 0 Å². The van der Waals surface area contributed by atoms with Gasteiger partial charge in [-0.15, -0.1) is 25.3 Å². The van der Waals surface area contributed by atoms with Crippen LogP contribution in [-0.2, 0) is 8.98 Å². The summed E-state index contributed by atoms with van der Waals surface area (Å²) in [4.78, 5) is 10.1. The molecule has 0 atom stereocenters. The van der Waals surface area contributed by atoms with Crippen LogP contribution in [0.25, 0.3) is 0 Å². The molecule has 0 spiro atoms. The number of rotatable bonds is 1. The third-order valence-corrected chi connectivity index (χ3v) is 0.888. The van der Waals surface area contributed by atoms with Crippen molar-refractivity contribution in [3.63, 3.8) is 0 Å². The Morgan fingerprint density at radius 1 is 1.62 bits per heavy atom. The number of thiol groups is 3. The fourth-order valence-corrected chi connectivity index (χ4v) is 0.429. The molecule has 1 N–H and O–H groups in total. The average Bonchev–Trinajstić information content (AvgIpc) is 1.62. The fraction of sp³-hybridized carbons (Fsp3) is 0.500. The van der Waals surface area contributed by atoms with E-state index in [2.05, 4.69) is 42.4 Å². The zero-order valence-electron chi connectivity index (χ0n) is 3.61. The Morgan fingerprint density at radius 3 is 2.00 bits per heavy atom. The fourth-order valence-electron chi connectivity index (χ4n) is 0.0612. The van der Waals surface area contributed by atoms with E-state index in [0.717, 1.165) is 0 Å². The van der Waals surface area contributed by atoms with Crippen LogP contribution >= 0.6 is 38.2 Å². The van der Waals surface area contributed by atoms with E-state index in [0.29, 0.717) is 0 Å². The summed E-state index contributed by atoms with van der Waals surface area (Å²) >= 11 is 9.75. The molecule has 0 saturated carbocycles. The molecular weight excluding hydrogens is 168 g/mol. The molecule has 0 bridgehead atoms. The minimum absolute atomic E-state index is 1.02. The normalized spacial score (nSPS) is 11.0. The van der Waals surface area contributed by atoms with Gasteiger partial charge in [0.1, 0.15) is 0 Å². The van der Waals surface area contributed by atoms with Gasteiger partial charge in [-0.2, -0.15) is 0 Å². The standard InChI is InChI=1S/C2H4O3S3/c3-1(5-8)2(4,6)7/h4,6-8H. The number of aliphatic hydroxyl groups is 1. The Kier molecular flexibility index (Phi) is 3.03. The zero-order valence-corrected chi connectivity index (χ0v) is 6.29. The maximum Gasteiger partial charge on any atom is 0.371 e. The minimum Gasteiger partial charge on any atom is -0.391 e. The first kappa shape index (κ1) is 8.48. The Labute approximate surface area is 62.8 Å². The molecular formula is C2H4O3S3. The molecule has 6 heteroatoms. The molecule has 3 nitrogen and oxygen atoms in total. The van der Waals surface area contributed by atoms with Crippen LogP contribution in [0.2, 0.25) is 0 Å². The highest BCUT2D eigenvalue weighted by Crippen LogP contribution is 2.16. The van der Waals surface area contributed by atoms with Gasteiger partial charge in [0.15, 0.2) is 0 Å². The molecule has 0 rings (SSSR count). The molecule has 0 saturated heterocycles. The predicted molar refractivity (Wildman–Crippen MR) is 38.0 cm³/mol. The van der Waals surface area contributed by atoms with Gasteiger partial charge in [-0.05, 0) is 0 Å². The van der Waals surface area contributed by atoms with E-state index in [1.54, 1.807) is 0 Å². The van der Waals surface area contributed by atoms with E-state index < -0.39 is 10.2 Å². The van der Waals surface area contributed by atoms with Crippen LogP contribution in [-0.4, -0.2) is 15.3 Å². The molecule has 0 unspecified atom stereocenters. The Morgan fingerprint density at radius 2 is 2.00 bits per heavy atom. The van der Waals surface area contributed by atoms with Crippen molar-refractivity contribution in [3.05, 3.63) is 0 Å². The third-order valence-electron chi connectivity index (χ3n) is 0.357. The average molecular weight is 172 g/mol. The van der Waals surface area contributed by atoms with Gasteiger partial charge in [-0.1, -0.05) is 0 Å². The minimum atomic E-state index is -2.04. The highest BCUT2D eigenvalue weighted by Gasteiger charge is 2.27. The molecule has 0 aliphatic rings. The molecule has 0 radical (unpaired) electrons. The summed E-state index contributed by atoms with van der Waals surface area (Å²) in [6, 6.07) is 0. The number of hydrogen-bond donors (Lipinski definition) is 4. The molecule has 0 amide bonds. The molecule has 0 aliphatic carbocycles. The third kappa shape index (κ3) is 2.71. The van der Waals surface area contributed by atoms with Crippen molar-refractivity contribution in [2.75, 3.05) is 0 Å². The summed E-state index contributed by atoms with van der Waals surface area (Å²) in [5, 5.41) is 8.49. The van der Waals surface area contributed by atoms with Crippen molar-refractivity contribution in [1.29, 1.82) is 0 Å². The summed E-state index contributed by atoms with van der Waals surface area (Å²) in [6.07, 6.45) is 0. The molecule has 0 fully saturated rings. The van der Waals surface area contributed by atoms with Crippen LogP contribution in [0.5, 0.6) is 0 Å². The molecule has 0 heterocycles. The van der Waals surface area contributed by atoms with Crippen molar-refractivity contribution in [2.24, 2.45) is 0 Å². The van der Waals surface area contributed by atoms with Crippen LogP contribution in [0.3, 0.4) is 0 Å². The first-order valence-electron chi connectivity index (χ1n) is 1.51. The van der Waals surface area contributed by atoms with E-state index in [9.17, 15) is 4.79 Å². The van der Waals surface area contributed by atoms with Gasteiger partial charge in [0.05, 0.1) is 0 Å². The second kappa shape index (κ2) is 2.86. The molecule has 8 heavy (non-hydrogen) atoms. The lowest BCUT2D eigenvalue weighted by Crippen LogP contribution is -2.25. The molecule has 0 aromatic rings. The summed E-state index contributed by atoms with van der Waals surface area (Å²) in [7, 11) is 0. The van der Waals surface area contributed by atoms with Crippen molar-refractivity contribution in [2.45, 2.75) is 4.27 Å². The molecule has 0 aliphatic heterocycles. The van der Waals surface area contributed by atoms with Gasteiger partial charge in [0, 0.05) is 12.9 Å². The molecule has 0 aromatic heterocycles. The highest BCUT2D eigenvalue weighted by molar-refractivity contribution is 8.01. The molecule has 0 aromatic carbocycles. The van der Waals surface area contributed by atoms with Gasteiger partial charge in [-0.25, -0.2) is 4.79 Å². The topological polar surface area (TPSA) is 46.5 Å². The second-order valence-corrected chi connectivity index (χ2v) is 2.84. The lowest BCUT2D eigenvalue weighted by Gasteiger charge is -2.08. The summed E-state index contributed by atoms with van der Waals surface area (Å²) in [6.45, 7) is 0. The zero-order chi connectivity index (χ0) is 6.78. The lowest BCUT2D eigenvalue weighted by molar-refractivity contribution is -0.139. The van der Waals surface area contributed by atoms with Crippen molar-refractivity contribution in [1.82, 2.24) is 0 Å². The van der Waals surface area contributed by atoms with Gasteiger partial charge in [0.25, 0.3) is 4.27 Å². The summed E-state index contributed by atoms with van der Waals surface area (Å²) < 4.78 is 1.73. The SMILES string of the molecule is O=C(OS)C(O)(S)S. The monoisotopic (exact) mass is 172 g/mol. The van der Waals surface area contributed by atoms with Gasteiger partial charge < -0.3 is 9.29 Å². The van der Waals surface area contributed by atoms with Crippen molar-refractivity contribution < 1.29 is 14.1 Å². The lowest BCUT2D eigenvalue weighted by atomic mass is 10.7. The number of hydrogen-bond acceptors (Lipinski definition) is 6. The van der Waals surface area contributed by atoms with E-state index >= 15 is 0 Å². The van der Waals surface area contributed by atoms with E-state index in [-0.39, 0.29) is 0 Å². The Balaban J connectivity index is 3.82. The number of carbonyl (C=O) groups excluding carboxylic acids is 1. The van der Waals surface area contributed by atoms with E-state index in [4.69, 9.17) is 5.11 Å². The number of carbonyl (C=O) groups is 1. The summed E-state index contributed by atoms with van der Waals surface area (Å²) in [5.74, 6) is -1.02. The Bertz CT molecular complexity index is 95.2. The largest absolute Gasteiger partial charge is 0.391 e.